The highest BCUT2D eigenvalue weighted by atomic mass is 32.2. The molecule has 2 aromatic rings. The van der Waals surface area contributed by atoms with Crippen molar-refractivity contribution in [2.24, 2.45) is 0 Å². The summed E-state index contributed by atoms with van der Waals surface area (Å²) in [6, 6.07) is 6.23. The molecule has 6 heteroatoms. The summed E-state index contributed by atoms with van der Waals surface area (Å²) >= 11 is 3.25. The highest BCUT2D eigenvalue weighted by Gasteiger charge is 2.18. The van der Waals surface area contributed by atoms with Crippen molar-refractivity contribution in [2.45, 2.75) is 25.2 Å². The zero-order chi connectivity index (χ0) is 17.4. The molecule has 0 saturated carbocycles. The number of thiazole rings is 1. The number of hydrogen-bond donors (Lipinski definition) is 1. The summed E-state index contributed by atoms with van der Waals surface area (Å²) in [4.78, 5) is 19.0. The number of fused-ring (bicyclic) bond motifs is 2. The summed E-state index contributed by atoms with van der Waals surface area (Å²) < 4.78 is 1.08. The van der Waals surface area contributed by atoms with Gasteiger partial charge in [0.15, 0.2) is 5.13 Å². The number of nitrogens with one attached hydrogen (secondary N) is 1. The second kappa shape index (κ2) is 6.54. The number of aromatic nitrogens is 1. The largest absolute Gasteiger partial charge is 0.312 e. The van der Waals surface area contributed by atoms with Gasteiger partial charge >= 0.3 is 0 Å². The van der Waals surface area contributed by atoms with Crippen molar-refractivity contribution < 1.29 is 4.79 Å². The van der Waals surface area contributed by atoms with Gasteiger partial charge in [-0.25, -0.2) is 4.98 Å². The van der Waals surface area contributed by atoms with Crippen LogP contribution in [0.2, 0.25) is 0 Å². The van der Waals surface area contributed by atoms with Gasteiger partial charge in [-0.05, 0) is 49.3 Å². The lowest BCUT2D eigenvalue weighted by atomic mass is 10.1. The smallest absolute Gasteiger partial charge is 0.223 e. The third-order valence-electron chi connectivity index (χ3n) is 3.85. The van der Waals surface area contributed by atoms with E-state index >= 15 is 0 Å². The third-order valence-corrected chi connectivity index (χ3v) is 5.85. The Balaban J connectivity index is 1.59. The number of benzene rings is 1. The van der Waals surface area contributed by atoms with Gasteiger partial charge in [-0.1, -0.05) is 35.3 Å². The van der Waals surface area contributed by atoms with Crippen molar-refractivity contribution in [3.63, 3.8) is 0 Å². The number of anilines is 1. The molecule has 0 saturated heterocycles. The Labute approximate surface area is 154 Å². The van der Waals surface area contributed by atoms with Crippen molar-refractivity contribution in [3.05, 3.63) is 65.0 Å². The van der Waals surface area contributed by atoms with Crippen LogP contribution >= 0.6 is 23.1 Å². The second-order valence-corrected chi connectivity index (χ2v) is 8.04. The molecule has 0 fully saturated rings. The van der Waals surface area contributed by atoms with E-state index in [1.54, 1.807) is 11.8 Å². The molecule has 0 aliphatic carbocycles. The number of hydrogen-bond acceptors (Lipinski definition) is 5. The van der Waals surface area contributed by atoms with E-state index < -0.39 is 0 Å². The predicted molar refractivity (Wildman–Crippen MR) is 105 cm³/mol. The van der Waals surface area contributed by atoms with E-state index in [1.165, 1.54) is 39.5 Å². The third kappa shape index (κ3) is 3.41. The van der Waals surface area contributed by atoms with Crippen LogP contribution in [0, 0.1) is 0 Å². The maximum atomic E-state index is 11.2. The van der Waals surface area contributed by atoms with Gasteiger partial charge in [-0.15, -0.1) is 0 Å². The van der Waals surface area contributed by atoms with Crippen molar-refractivity contribution in [1.82, 2.24) is 9.88 Å². The molecule has 2 aliphatic heterocycles. The minimum atomic E-state index is -0.0966. The first-order valence-electron chi connectivity index (χ1n) is 8.00. The summed E-state index contributed by atoms with van der Waals surface area (Å²) in [5.41, 5.74) is 3.37. The first-order chi connectivity index (χ1) is 12.1. The van der Waals surface area contributed by atoms with Crippen LogP contribution in [-0.2, 0) is 4.79 Å². The molecular weight excluding hydrogens is 350 g/mol. The molecule has 2 aliphatic rings. The van der Waals surface area contributed by atoms with Crippen molar-refractivity contribution >= 4 is 44.4 Å². The molecule has 0 bridgehead atoms. The lowest BCUT2D eigenvalue weighted by molar-refractivity contribution is -0.114. The van der Waals surface area contributed by atoms with Gasteiger partial charge < -0.3 is 10.2 Å². The van der Waals surface area contributed by atoms with Gasteiger partial charge in [-0.3, -0.25) is 4.79 Å². The molecular formula is C19H17N3OS2. The number of allylic oxidation sites excluding steroid dienone is 5. The topological polar surface area (TPSA) is 45.2 Å². The maximum Gasteiger partial charge on any atom is 0.223 e. The lowest BCUT2D eigenvalue weighted by Gasteiger charge is -2.30. The first kappa shape index (κ1) is 16.2. The molecule has 1 aromatic heterocycles. The van der Waals surface area contributed by atoms with Crippen LogP contribution in [0.15, 0.2) is 69.9 Å². The van der Waals surface area contributed by atoms with E-state index in [0.717, 1.165) is 16.6 Å². The maximum absolute atomic E-state index is 11.2. The average Bonchev–Trinajstić information content (AvgIpc) is 2.96. The first-order valence-corrected chi connectivity index (χ1v) is 9.64. The minimum absolute atomic E-state index is 0.0966. The Morgan fingerprint density at radius 2 is 2.20 bits per heavy atom. The van der Waals surface area contributed by atoms with E-state index in [1.807, 2.05) is 6.07 Å². The second-order valence-electron chi connectivity index (χ2n) is 5.92. The quantitative estimate of drug-likeness (QED) is 0.804. The van der Waals surface area contributed by atoms with Crippen LogP contribution in [-0.4, -0.2) is 15.8 Å². The van der Waals surface area contributed by atoms with Crippen LogP contribution in [0.25, 0.3) is 10.2 Å². The molecule has 3 heterocycles. The SMILES string of the molecule is CC(=O)Nc1nc2ccc(SC3=CCC=C4C=CC(C)=CN43)cc2s1. The van der Waals surface area contributed by atoms with Gasteiger partial charge in [-0.2, -0.15) is 0 Å². The van der Waals surface area contributed by atoms with Crippen LogP contribution in [0.5, 0.6) is 0 Å². The zero-order valence-corrected chi connectivity index (χ0v) is 15.6. The number of carbonyl (C=O) groups excluding carboxylic acids is 1. The Hall–Kier alpha value is -2.31. The van der Waals surface area contributed by atoms with Gasteiger partial charge in [0.1, 0.15) is 0 Å². The van der Waals surface area contributed by atoms with Crippen LogP contribution in [0.4, 0.5) is 5.13 Å². The van der Waals surface area contributed by atoms with E-state index in [0.29, 0.717) is 5.13 Å². The molecule has 4 nitrogen and oxygen atoms in total. The molecule has 0 unspecified atom stereocenters. The molecule has 0 radical (unpaired) electrons. The Kier molecular flexibility index (Phi) is 4.23. The van der Waals surface area contributed by atoms with Crippen LogP contribution in [0.1, 0.15) is 20.3 Å². The predicted octanol–water partition coefficient (Wildman–Crippen LogP) is 5.25. The molecule has 0 atom stereocenters. The monoisotopic (exact) mass is 367 g/mol. The van der Waals surface area contributed by atoms with Crippen molar-refractivity contribution in [1.29, 1.82) is 0 Å². The number of carbonyl (C=O) groups is 1. The Morgan fingerprint density at radius 3 is 3.04 bits per heavy atom. The summed E-state index contributed by atoms with van der Waals surface area (Å²) in [6.45, 7) is 3.60. The summed E-state index contributed by atoms with van der Waals surface area (Å²) in [5, 5.41) is 4.62. The van der Waals surface area contributed by atoms with E-state index in [4.69, 9.17) is 0 Å². The highest BCUT2D eigenvalue weighted by molar-refractivity contribution is 8.03. The zero-order valence-electron chi connectivity index (χ0n) is 13.9. The molecule has 25 heavy (non-hydrogen) atoms. The number of amides is 1. The summed E-state index contributed by atoms with van der Waals surface area (Å²) in [7, 11) is 0. The molecule has 1 N–H and O–H groups in total. The standard InChI is InChI=1S/C19H17N3OS2/c1-12-6-7-14-4-3-5-18(22(14)11-12)24-15-8-9-16-17(10-15)25-19(21-16)20-13(2)23/h4-11H,3H2,1-2H3,(H,20,21,23). The van der Waals surface area contributed by atoms with Gasteiger partial charge in [0.05, 0.1) is 15.2 Å². The van der Waals surface area contributed by atoms with Crippen LogP contribution < -0.4 is 5.32 Å². The summed E-state index contributed by atoms with van der Waals surface area (Å²) in [5.74, 6) is -0.0966. The van der Waals surface area contributed by atoms with Gasteiger partial charge in [0.25, 0.3) is 0 Å². The Morgan fingerprint density at radius 1 is 1.32 bits per heavy atom. The fraction of sp³-hybridized carbons (Fsp3) is 0.158. The van der Waals surface area contributed by atoms with Gasteiger partial charge in [0.2, 0.25) is 5.91 Å². The van der Waals surface area contributed by atoms with E-state index in [-0.39, 0.29) is 5.91 Å². The molecule has 0 spiro atoms. The van der Waals surface area contributed by atoms with E-state index in [2.05, 4.69) is 64.8 Å². The number of thioether (sulfide) groups is 1. The minimum Gasteiger partial charge on any atom is -0.312 e. The fourth-order valence-corrected chi connectivity index (χ4v) is 4.75. The van der Waals surface area contributed by atoms with Gasteiger partial charge in [0, 0.05) is 23.7 Å². The number of nitrogens with zero attached hydrogens (tertiary/aromatic N) is 2. The normalized spacial score (nSPS) is 16.2. The number of rotatable bonds is 3. The van der Waals surface area contributed by atoms with Crippen LogP contribution in [0.3, 0.4) is 0 Å². The highest BCUT2D eigenvalue weighted by Crippen LogP contribution is 2.38. The molecule has 1 amide bonds. The average molecular weight is 367 g/mol. The fourth-order valence-electron chi connectivity index (χ4n) is 2.74. The van der Waals surface area contributed by atoms with Crippen molar-refractivity contribution in [3.8, 4) is 0 Å². The summed E-state index contributed by atoms with van der Waals surface area (Å²) in [6.07, 6.45) is 11.9. The van der Waals surface area contributed by atoms with E-state index in [9.17, 15) is 4.79 Å². The molecule has 126 valence electrons. The lowest BCUT2D eigenvalue weighted by Crippen LogP contribution is -2.18. The molecule has 4 rings (SSSR count). The molecule has 1 aromatic carbocycles. The van der Waals surface area contributed by atoms with Crippen molar-refractivity contribution in [2.75, 3.05) is 5.32 Å². The Bertz CT molecular complexity index is 982.